The first kappa shape index (κ1) is 11.7. The molecule has 0 fully saturated rings. The summed E-state index contributed by atoms with van der Waals surface area (Å²) >= 11 is 0. The zero-order chi connectivity index (χ0) is 11.2. The highest BCUT2D eigenvalue weighted by Gasteiger charge is 2.14. The van der Waals surface area contributed by atoms with Crippen molar-refractivity contribution in [3.63, 3.8) is 0 Å². The molecule has 0 amide bonds. The van der Waals surface area contributed by atoms with Crippen LogP contribution >= 0.6 is 0 Å². The van der Waals surface area contributed by atoms with Crippen LogP contribution in [-0.2, 0) is 0 Å². The van der Waals surface area contributed by atoms with Crippen LogP contribution in [0, 0.1) is 0 Å². The van der Waals surface area contributed by atoms with Gasteiger partial charge in [-0.25, -0.2) is 0 Å². The molecule has 0 saturated carbocycles. The van der Waals surface area contributed by atoms with E-state index in [9.17, 15) is 0 Å². The van der Waals surface area contributed by atoms with E-state index in [2.05, 4.69) is 18.7 Å². The van der Waals surface area contributed by atoms with Crippen molar-refractivity contribution >= 4 is 0 Å². The maximum atomic E-state index is 4.01. The fourth-order valence-corrected chi connectivity index (χ4v) is 2.99. The summed E-state index contributed by atoms with van der Waals surface area (Å²) in [5.41, 5.74) is 4.87. The molecule has 2 aliphatic carbocycles. The fraction of sp³-hybridized carbons (Fsp3) is 0.625. The second-order valence-electron chi connectivity index (χ2n) is 5.10. The molecule has 88 valence electrons. The molecule has 0 aromatic heterocycles. The van der Waals surface area contributed by atoms with Crippen molar-refractivity contribution in [3.8, 4) is 0 Å². The van der Waals surface area contributed by atoms with Gasteiger partial charge >= 0.3 is 0 Å². The summed E-state index contributed by atoms with van der Waals surface area (Å²) in [7, 11) is 0. The standard InChI is InChI=1S/C16H24/c1-2-14-10-8-5-9-13-16(14)15-11-6-3-4-7-12-15/h2,11H,1,3-10,12-13H2. The van der Waals surface area contributed by atoms with Crippen molar-refractivity contribution in [2.75, 3.05) is 0 Å². The number of allylic oxidation sites excluding steroid dienone is 5. The van der Waals surface area contributed by atoms with Crippen molar-refractivity contribution in [1.29, 1.82) is 0 Å². The first-order chi connectivity index (χ1) is 7.92. The molecule has 0 atom stereocenters. The maximum absolute atomic E-state index is 4.01. The maximum Gasteiger partial charge on any atom is -0.0274 e. The average molecular weight is 216 g/mol. The van der Waals surface area contributed by atoms with Gasteiger partial charge in [-0.2, -0.15) is 0 Å². The molecule has 0 nitrogen and oxygen atoms in total. The minimum Gasteiger partial charge on any atom is -0.0988 e. The quantitative estimate of drug-likeness (QED) is 0.585. The molecule has 0 aromatic rings. The van der Waals surface area contributed by atoms with Gasteiger partial charge in [0.05, 0.1) is 0 Å². The molecular weight excluding hydrogens is 192 g/mol. The molecule has 0 bridgehead atoms. The Hall–Kier alpha value is -0.780. The van der Waals surface area contributed by atoms with Gasteiger partial charge in [-0.05, 0) is 68.1 Å². The third-order valence-corrected chi connectivity index (χ3v) is 3.94. The highest BCUT2D eigenvalue weighted by molar-refractivity contribution is 5.40. The van der Waals surface area contributed by atoms with E-state index in [1.54, 1.807) is 16.7 Å². The molecule has 0 saturated heterocycles. The number of hydrogen-bond donors (Lipinski definition) is 0. The van der Waals surface area contributed by atoms with E-state index >= 15 is 0 Å². The van der Waals surface area contributed by atoms with E-state index in [1.165, 1.54) is 64.2 Å². The first-order valence-electron chi connectivity index (χ1n) is 6.95. The lowest BCUT2D eigenvalue weighted by Gasteiger charge is -2.13. The Morgan fingerprint density at radius 1 is 0.875 bits per heavy atom. The van der Waals surface area contributed by atoms with Crippen LogP contribution in [0.4, 0.5) is 0 Å². The lowest BCUT2D eigenvalue weighted by Crippen LogP contribution is -1.93. The van der Waals surface area contributed by atoms with Crippen molar-refractivity contribution in [3.05, 3.63) is 35.5 Å². The minimum absolute atomic E-state index is 1.26. The van der Waals surface area contributed by atoms with Gasteiger partial charge in [0, 0.05) is 0 Å². The van der Waals surface area contributed by atoms with Crippen LogP contribution < -0.4 is 0 Å². The summed E-state index contributed by atoms with van der Waals surface area (Å²) in [6.45, 7) is 4.01. The van der Waals surface area contributed by atoms with Gasteiger partial charge in [0.2, 0.25) is 0 Å². The minimum atomic E-state index is 1.26. The van der Waals surface area contributed by atoms with Gasteiger partial charge in [-0.1, -0.05) is 31.6 Å². The normalized spacial score (nSPS) is 23.4. The average Bonchev–Trinajstić information content (AvgIpc) is 2.70. The van der Waals surface area contributed by atoms with Gasteiger partial charge in [0.25, 0.3) is 0 Å². The van der Waals surface area contributed by atoms with Crippen molar-refractivity contribution in [2.24, 2.45) is 0 Å². The number of rotatable bonds is 2. The van der Waals surface area contributed by atoms with Crippen LogP contribution in [0.2, 0.25) is 0 Å². The third-order valence-electron chi connectivity index (χ3n) is 3.94. The van der Waals surface area contributed by atoms with E-state index in [0.29, 0.717) is 0 Å². The molecule has 0 unspecified atom stereocenters. The van der Waals surface area contributed by atoms with Crippen molar-refractivity contribution in [1.82, 2.24) is 0 Å². The monoisotopic (exact) mass is 216 g/mol. The van der Waals surface area contributed by atoms with Crippen LogP contribution in [0.1, 0.15) is 64.2 Å². The van der Waals surface area contributed by atoms with Crippen LogP contribution in [0.25, 0.3) is 0 Å². The molecule has 0 spiro atoms. The Balaban J connectivity index is 2.22. The predicted octanol–water partition coefficient (Wildman–Crippen LogP) is 5.32. The summed E-state index contributed by atoms with van der Waals surface area (Å²) in [6.07, 6.45) is 18.1. The lowest BCUT2D eigenvalue weighted by molar-refractivity contribution is 0.699. The SMILES string of the molecule is C=CC1=C(C2=CCCCCC2)CCCCC1. The topological polar surface area (TPSA) is 0 Å². The summed E-state index contributed by atoms with van der Waals surface area (Å²) in [5, 5.41) is 0. The van der Waals surface area contributed by atoms with Gasteiger partial charge < -0.3 is 0 Å². The van der Waals surface area contributed by atoms with Crippen molar-refractivity contribution < 1.29 is 0 Å². The van der Waals surface area contributed by atoms with Gasteiger partial charge in [0.15, 0.2) is 0 Å². The van der Waals surface area contributed by atoms with E-state index in [4.69, 9.17) is 0 Å². The fourth-order valence-electron chi connectivity index (χ4n) is 2.99. The van der Waals surface area contributed by atoms with Gasteiger partial charge in [-0.3, -0.25) is 0 Å². The lowest BCUT2D eigenvalue weighted by atomic mass is 9.93. The summed E-state index contributed by atoms with van der Waals surface area (Å²) in [5.74, 6) is 0. The van der Waals surface area contributed by atoms with Crippen LogP contribution in [0.5, 0.6) is 0 Å². The second kappa shape index (κ2) is 6.08. The molecule has 0 N–H and O–H groups in total. The molecule has 0 heteroatoms. The number of hydrogen-bond acceptors (Lipinski definition) is 0. The second-order valence-corrected chi connectivity index (χ2v) is 5.10. The zero-order valence-corrected chi connectivity index (χ0v) is 10.4. The molecule has 2 rings (SSSR count). The predicted molar refractivity (Wildman–Crippen MR) is 71.5 cm³/mol. The van der Waals surface area contributed by atoms with E-state index in [1.807, 2.05) is 0 Å². The van der Waals surface area contributed by atoms with E-state index < -0.39 is 0 Å². The van der Waals surface area contributed by atoms with Crippen LogP contribution in [-0.4, -0.2) is 0 Å². The molecule has 0 aliphatic heterocycles. The highest BCUT2D eigenvalue weighted by atomic mass is 14.2. The largest absolute Gasteiger partial charge is 0.0988 e. The smallest absolute Gasteiger partial charge is 0.0274 e. The Labute approximate surface area is 100 Å². The van der Waals surface area contributed by atoms with Gasteiger partial charge in [0.1, 0.15) is 0 Å². The van der Waals surface area contributed by atoms with Crippen LogP contribution in [0.15, 0.2) is 35.5 Å². The summed E-state index contributed by atoms with van der Waals surface area (Å²) < 4.78 is 0. The van der Waals surface area contributed by atoms with Crippen molar-refractivity contribution in [2.45, 2.75) is 64.2 Å². The Bertz CT molecular complexity index is 304. The molecule has 0 radical (unpaired) electrons. The molecular formula is C16H24. The first-order valence-corrected chi connectivity index (χ1v) is 6.95. The Morgan fingerprint density at radius 2 is 1.62 bits per heavy atom. The Morgan fingerprint density at radius 3 is 2.50 bits per heavy atom. The van der Waals surface area contributed by atoms with Crippen LogP contribution in [0.3, 0.4) is 0 Å². The van der Waals surface area contributed by atoms with E-state index in [0.717, 1.165) is 0 Å². The van der Waals surface area contributed by atoms with Gasteiger partial charge in [-0.15, -0.1) is 0 Å². The molecule has 2 aliphatic rings. The summed E-state index contributed by atoms with van der Waals surface area (Å²) in [6, 6.07) is 0. The van der Waals surface area contributed by atoms with E-state index in [-0.39, 0.29) is 0 Å². The molecule has 0 aromatic carbocycles. The highest BCUT2D eigenvalue weighted by Crippen LogP contribution is 2.33. The molecule has 0 heterocycles. The zero-order valence-electron chi connectivity index (χ0n) is 10.4. The Kier molecular flexibility index (Phi) is 4.44. The molecule has 16 heavy (non-hydrogen) atoms. The summed E-state index contributed by atoms with van der Waals surface area (Å²) in [4.78, 5) is 0. The third kappa shape index (κ3) is 2.87.